The van der Waals surface area contributed by atoms with E-state index in [9.17, 15) is 9.18 Å². The summed E-state index contributed by atoms with van der Waals surface area (Å²) in [5.41, 5.74) is 3.72. The van der Waals surface area contributed by atoms with Crippen LogP contribution in [0.5, 0.6) is 0 Å². The Labute approximate surface area is 145 Å². The molecule has 25 heavy (non-hydrogen) atoms. The molecule has 2 aromatic carbocycles. The molecular formula is C20H18FN3O. The van der Waals surface area contributed by atoms with E-state index in [0.717, 1.165) is 42.0 Å². The van der Waals surface area contributed by atoms with Gasteiger partial charge in [-0.3, -0.25) is 4.79 Å². The number of hydrogen-bond donors (Lipinski definition) is 1. The van der Waals surface area contributed by atoms with Crippen LogP contribution in [0.4, 0.5) is 10.2 Å². The minimum atomic E-state index is -0.333. The third-order valence-electron chi connectivity index (χ3n) is 4.42. The highest BCUT2D eigenvalue weighted by Crippen LogP contribution is 2.31. The van der Waals surface area contributed by atoms with Gasteiger partial charge >= 0.3 is 0 Å². The van der Waals surface area contributed by atoms with Gasteiger partial charge in [0.05, 0.1) is 17.8 Å². The van der Waals surface area contributed by atoms with Gasteiger partial charge in [0.1, 0.15) is 11.6 Å². The van der Waals surface area contributed by atoms with Crippen molar-refractivity contribution in [1.29, 1.82) is 0 Å². The van der Waals surface area contributed by atoms with Crippen LogP contribution in [0.15, 0.2) is 54.6 Å². The molecule has 0 atom stereocenters. The van der Waals surface area contributed by atoms with Crippen molar-refractivity contribution in [3.63, 3.8) is 0 Å². The predicted octanol–water partition coefficient (Wildman–Crippen LogP) is 3.68. The van der Waals surface area contributed by atoms with Gasteiger partial charge in [-0.05, 0) is 49.1 Å². The number of anilines is 1. The first-order chi connectivity index (χ1) is 12.2. The number of para-hydroxylation sites is 1. The number of benzene rings is 2. The Bertz CT molecular complexity index is 918. The molecule has 0 aliphatic heterocycles. The van der Waals surface area contributed by atoms with E-state index >= 15 is 0 Å². The van der Waals surface area contributed by atoms with Crippen LogP contribution in [0, 0.1) is 5.82 Å². The second kappa shape index (κ2) is 6.51. The SMILES string of the molecule is O=C(Cc1cccc(F)c1)Nc1c2c(nn1-c1ccccc1)CCC2. The molecule has 1 amide bonds. The molecule has 4 rings (SSSR count). The Hall–Kier alpha value is -2.95. The largest absolute Gasteiger partial charge is 0.310 e. The zero-order chi connectivity index (χ0) is 17.2. The molecule has 1 aliphatic rings. The van der Waals surface area contributed by atoms with Crippen molar-refractivity contribution in [2.45, 2.75) is 25.7 Å². The third kappa shape index (κ3) is 3.18. The van der Waals surface area contributed by atoms with E-state index in [2.05, 4.69) is 10.4 Å². The number of nitrogens with one attached hydrogen (secondary N) is 1. The maximum absolute atomic E-state index is 13.3. The molecule has 0 bridgehead atoms. The average molecular weight is 335 g/mol. The van der Waals surface area contributed by atoms with Crippen LogP contribution in [-0.2, 0) is 24.1 Å². The van der Waals surface area contributed by atoms with Crippen LogP contribution >= 0.6 is 0 Å². The number of aryl methyl sites for hydroxylation is 1. The summed E-state index contributed by atoms with van der Waals surface area (Å²) >= 11 is 0. The first-order valence-corrected chi connectivity index (χ1v) is 8.41. The van der Waals surface area contributed by atoms with Gasteiger partial charge in [0.15, 0.2) is 0 Å². The molecule has 0 saturated heterocycles. The normalized spacial score (nSPS) is 12.8. The van der Waals surface area contributed by atoms with E-state index in [1.165, 1.54) is 12.1 Å². The maximum atomic E-state index is 13.3. The molecule has 0 saturated carbocycles. The van der Waals surface area contributed by atoms with E-state index in [1.54, 1.807) is 16.8 Å². The molecule has 1 aromatic heterocycles. The van der Waals surface area contributed by atoms with Crippen molar-refractivity contribution in [3.05, 3.63) is 77.2 Å². The van der Waals surface area contributed by atoms with E-state index < -0.39 is 0 Å². The predicted molar refractivity (Wildman–Crippen MR) is 94.3 cm³/mol. The summed E-state index contributed by atoms with van der Waals surface area (Å²) in [6.07, 6.45) is 3.03. The monoisotopic (exact) mass is 335 g/mol. The van der Waals surface area contributed by atoms with Crippen molar-refractivity contribution in [2.24, 2.45) is 0 Å². The molecule has 1 heterocycles. The van der Waals surface area contributed by atoms with Crippen molar-refractivity contribution in [3.8, 4) is 5.69 Å². The Balaban J connectivity index is 1.62. The van der Waals surface area contributed by atoms with Crippen LogP contribution < -0.4 is 5.32 Å². The molecule has 5 heteroatoms. The Morgan fingerprint density at radius 3 is 2.76 bits per heavy atom. The van der Waals surface area contributed by atoms with Crippen LogP contribution in [0.1, 0.15) is 23.2 Å². The van der Waals surface area contributed by atoms with E-state index in [-0.39, 0.29) is 18.1 Å². The summed E-state index contributed by atoms with van der Waals surface area (Å²) in [6.45, 7) is 0. The fourth-order valence-corrected chi connectivity index (χ4v) is 3.28. The number of rotatable bonds is 4. The van der Waals surface area contributed by atoms with Crippen molar-refractivity contribution >= 4 is 11.7 Å². The summed E-state index contributed by atoms with van der Waals surface area (Å²) in [7, 11) is 0. The Morgan fingerprint density at radius 2 is 1.96 bits per heavy atom. The summed E-state index contributed by atoms with van der Waals surface area (Å²) < 4.78 is 15.1. The standard InChI is InChI=1S/C20H18FN3O/c21-15-7-4-6-14(12-15)13-19(25)22-20-17-10-5-11-18(17)23-24(20)16-8-2-1-3-9-16/h1-4,6-9,12H,5,10-11,13H2,(H,22,25). The summed E-state index contributed by atoms with van der Waals surface area (Å²) in [6, 6.07) is 15.9. The molecule has 1 aliphatic carbocycles. The number of carbonyl (C=O) groups excluding carboxylic acids is 1. The number of hydrogen-bond acceptors (Lipinski definition) is 2. The molecule has 4 nitrogen and oxygen atoms in total. The first kappa shape index (κ1) is 15.6. The van der Waals surface area contributed by atoms with Gasteiger partial charge in [-0.1, -0.05) is 30.3 Å². The maximum Gasteiger partial charge on any atom is 0.229 e. The molecule has 126 valence electrons. The van der Waals surface area contributed by atoms with Crippen LogP contribution in [0.2, 0.25) is 0 Å². The van der Waals surface area contributed by atoms with Crippen LogP contribution in [0.3, 0.4) is 0 Å². The number of carbonyl (C=O) groups is 1. The highest BCUT2D eigenvalue weighted by Gasteiger charge is 2.24. The van der Waals surface area contributed by atoms with Gasteiger partial charge < -0.3 is 5.32 Å². The summed E-state index contributed by atoms with van der Waals surface area (Å²) in [5, 5.41) is 7.67. The van der Waals surface area contributed by atoms with E-state index in [1.807, 2.05) is 30.3 Å². The molecule has 0 fully saturated rings. The lowest BCUT2D eigenvalue weighted by atomic mass is 10.1. The van der Waals surface area contributed by atoms with Gasteiger partial charge in [0.2, 0.25) is 5.91 Å². The lowest BCUT2D eigenvalue weighted by molar-refractivity contribution is -0.115. The molecule has 1 N–H and O–H groups in total. The van der Waals surface area contributed by atoms with E-state index in [4.69, 9.17) is 0 Å². The molecule has 0 spiro atoms. The van der Waals surface area contributed by atoms with Crippen LogP contribution in [0.25, 0.3) is 5.69 Å². The smallest absolute Gasteiger partial charge is 0.229 e. The fraction of sp³-hybridized carbons (Fsp3) is 0.200. The average Bonchev–Trinajstić information content (AvgIpc) is 3.18. The number of fused-ring (bicyclic) bond motifs is 1. The first-order valence-electron chi connectivity index (χ1n) is 8.41. The lowest BCUT2D eigenvalue weighted by Crippen LogP contribution is -2.18. The second-order valence-corrected chi connectivity index (χ2v) is 6.23. The van der Waals surface area contributed by atoms with E-state index in [0.29, 0.717) is 5.56 Å². The topological polar surface area (TPSA) is 46.9 Å². The minimum Gasteiger partial charge on any atom is -0.310 e. The van der Waals surface area contributed by atoms with Crippen molar-refractivity contribution in [2.75, 3.05) is 5.32 Å². The van der Waals surface area contributed by atoms with Gasteiger partial charge in [0.25, 0.3) is 0 Å². The number of nitrogens with zero attached hydrogens (tertiary/aromatic N) is 2. The Morgan fingerprint density at radius 1 is 1.12 bits per heavy atom. The molecular weight excluding hydrogens is 317 g/mol. The highest BCUT2D eigenvalue weighted by molar-refractivity contribution is 5.92. The third-order valence-corrected chi connectivity index (χ3v) is 4.42. The lowest BCUT2D eigenvalue weighted by Gasteiger charge is -2.11. The van der Waals surface area contributed by atoms with Gasteiger partial charge in [-0.25, -0.2) is 9.07 Å². The second-order valence-electron chi connectivity index (χ2n) is 6.23. The summed E-state index contributed by atoms with van der Waals surface area (Å²) in [4.78, 5) is 12.5. The number of aromatic nitrogens is 2. The quantitative estimate of drug-likeness (QED) is 0.790. The zero-order valence-corrected chi connectivity index (χ0v) is 13.7. The molecule has 0 unspecified atom stereocenters. The molecule has 3 aromatic rings. The number of amides is 1. The summed E-state index contributed by atoms with van der Waals surface area (Å²) in [5.74, 6) is 0.234. The fourth-order valence-electron chi connectivity index (χ4n) is 3.28. The molecule has 0 radical (unpaired) electrons. The van der Waals surface area contributed by atoms with Crippen LogP contribution in [-0.4, -0.2) is 15.7 Å². The zero-order valence-electron chi connectivity index (χ0n) is 13.7. The van der Waals surface area contributed by atoms with Crippen molar-refractivity contribution in [1.82, 2.24) is 9.78 Å². The van der Waals surface area contributed by atoms with Crippen molar-refractivity contribution < 1.29 is 9.18 Å². The Kier molecular flexibility index (Phi) is 4.06. The van der Waals surface area contributed by atoms with Gasteiger partial charge in [-0.2, -0.15) is 5.10 Å². The van der Waals surface area contributed by atoms with Gasteiger partial charge in [0, 0.05) is 5.56 Å². The minimum absolute atomic E-state index is 0.131. The number of halogens is 1. The highest BCUT2D eigenvalue weighted by atomic mass is 19.1. The van der Waals surface area contributed by atoms with Gasteiger partial charge in [-0.15, -0.1) is 0 Å².